The van der Waals surface area contributed by atoms with Crippen LogP contribution in [0.1, 0.15) is 6.92 Å². The van der Waals surface area contributed by atoms with Gasteiger partial charge in [-0.15, -0.1) is 0 Å². The fraction of sp³-hybridized carbons (Fsp3) is 0.556. The number of aromatic nitrogens is 2. The number of rotatable bonds is 5. The highest BCUT2D eigenvalue weighted by Gasteiger charge is 2.07. The van der Waals surface area contributed by atoms with Gasteiger partial charge < -0.3 is 5.32 Å². The van der Waals surface area contributed by atoms with E-state index in [1.807, 2.05) is 13.2 Å². The van der Waals surface area contributed by atoms with E-state index < -0.39 is 10.8 Å². The van der Waals surface area contributed by atoms with Crippen LogP contribution in [0, 0.1) is 0 Å². The van der Waals surface area contributed by atoms with E-state index in [0.717, 1.165) is 0 Å². The molecule has 0 aliphatic heterocycles. The molecule has 1 heterocycles. The molecule has 16 heavy (non-hydrogen) atoms. The fourth-order valence-electron chi connectivity index (χ4n) is 1.21. The minimum Gasteiger partial charge on any atom is -0.367 e. The maximum absolute atomic E-state index is 11.0. The maximum atomic E-state index is 11.0. The third-order valence-corrected chi connectivity index (χ3v) is 3.45. The highest BCUT2D eigenvalue weighted by Crippen LogP contribution is 2.17. The van der Waals surface area contributed by atoms with E-state index in [1.54, 1.807) is 12.3 Å². The van der Waals surface area contributed by atoms with Crippen molar-refractivity contribution in [1.29, 1.82) is 0 Å². The summed E-state index contributed by atoms with van der Waals surface area (Å²) in [6.07, 6.45) is 3.57. The molecule has 1 aromatic heterocycles. The standard InChI is InChI=1S/C9H14ClN3OS2/c1-6(5-16(3)14)11-8-4-7(10)12-9(13-8)15-2/h4,6H,5H2,1-3H3,(H,11,12,13). The van der Waals surface area contributed by atoms with Crippen LogP contribution in [-0.2, 0) is 10.8 Å². The maximum Gasteiger partial charge on any atom is 0.190 e. The average Bonchev–Trinajstić information content (AvgIpc) is 2.14. The summed E-state index contributed by atoms with van der Waals surface area (Å²) < 4.78 is 11.0. The third-order valence-electron chi connectivity index (χ3n) is 1.74. The van der Waals surface area contributed by atoms with Crippen molar-refractivity contribution >= 4 is 40.0 Å². The van der Waals surface area contributed by atoms with Crippen molar-refractivity contribution < 1.29 is 4.21 Å². The molecule has 0 aliphatic rings. The first-order valence-corrected chi connectivity index (χ1v) is 7.99. The molecule has 7 heteroatoms. The van der Waals surface area contributed by atoms with Gasteiger partial charge in [0.05, 0.1) is 0 Å². The lowest BCUT2D eigenvalue weighted by Crippen LogP contribution is -2.23. The summed E-state index contributed by atoms with van der Waals surface area (Å²) in [6, 6.07) is 1.75. The van der Waals surface area contributed by atoms with Crippen molar-refractivity contribution in [1.82, 2.24) is 9.97 Å². The first-order valence-electron chi connectivity index (χ1n) is 4.66. The van der Waals surface area contributed by atoms with Crippen molar-refractivity contribution in [2.45, 2.75) is 18.1 Å². The molecule has 0 bridgehead atoms. The Morgan fingerprint density at radius 3 is 2.88 bits per heavy atom. The van der Waals surface area contributed by atoms with Crippen LogP contribution < -0.4 is 5.32 Å². The summed E-state index contributed by atoms with van der Waals surface area (Å²) in [5.41, 5.74) is 0. The van der Waals surface area contributed by atoms with Crippen molar-refractivity contribution in [2.24, 2.45) is 0 Å². The van der Waals surface area contributed by atoms with E-state index in [1.165, 1.54) is 11.8 Å². The lowest BCUT2D eigenvalue weighted by Gasteiger charge is -2.13. The first kappa shape index (κ1) is 13.7. The molecule has 0 spiro atoms. The second kappa shape index (κ2) is 6.42. The molecule has 0 saturated carbocycles. The largest absolute Gasteiger partial charge is 0.367 e. The van der Waals surface area contributed by atoms with Crippen LogP contribution in [0.4, 0.5) is 5.82 Å². The Morgan fingerprint density at radius 2 is 2.31 bits per heavy atom. The van der Waals surface area contributed by atoms with E-state index in [2.05, 4.69) is 15.3 Å². The van der Waals surface area contributed by atoms with Gasteiger partial charge in [0.15, 0.2) is 5.16 Å². The molecular weight excluding hydrogens is 266 g/mol. The SMILES string of the molecule is CSc1nc(Cl)cc(NC(C)CS(C)=O)n1. The quantitative estimate of drug-likeness (QED) is 0.508. The Morgan fingerprint density at radius 1 is 1.62 bits per heavy atom. The monoisotopic (exact) mass is 279 g/mol. The van der Waals surface area contributed by atoms with Gasteiger partial charge in [-0.25, -0.2) is 9.97 Å². The summed E-state index contributed by atoms with van der Waals surface area (Å²) in [5.74, 6) is 1.25. The summed E-state index contributed by atoms with van der Waals surface area (Å²) in [4.78, 5) is 8.29. The van der Waals surface area contributed by atoms with Crippen LogP contribution in [0.15, 0.2) is 11.2 Å². The number of halogens is 1. The summed E-state index contributed by atoms with van der Waals surface area (Å²) in [7, 11) is -0.826. The second-order valence-corrected chi connectivity index (χ2v) is 5.99. The smallest absolute Gasteiger partial charge is 0.190 e. The molecule has 2 atom stereocenters. The minimum atomic E-state index is -0.826. The molecular formula is C9H14ClN3OS2. The van der Waals surface area contributed by atoms with Gasteiger partial charge in [-0.1, -0.05) is 23.4 Å². The average molecular weight is 280 g/mol. The van der Waals surface area contributed by atoms with E-state index in [9.17, 15) is 4.21 Å². The molecule has 0 saturated heterocycles. The zero-order chi connectivity index (χ0) is 12.1. The van der Waals surface area contributed by atoms with Gasteiger partial charge in [0.1, 0.15) is 11.0 Å². The molecule has 1 rings (SSSR count). The summed E-state index contributed by atoms with van der Waals surface area (Å²) in [5, 5.41) is 4.18. The molecule has 2 unspecified atom stereocenters. The Kier molecular flexibility index (Phi) is 5.51. The number of hydrogen-bond donors (Lipinski definition) is 1. The number of anilines is 1. The van der Waals surface area contributed by atoms with E-state index in [-0.39, 0.29) is 6.04 Å². The second-order valence-electron chi connectivity index (χ2n) is 3.35. The number of nitrogens with zero attached hydrogens (tertiary/aromatic N) is 2. The van der Waals surface area contributed by atoms with Gasteiger partial charge in [-0.05, 0) is 13.2 Å². The molecule has 0 fully saturated rings. The van der Waals surface area contributed by atoms with Crippen molar-refractivity contribution in [3.63, 3.8) is 0 Å². The predicted molar refractivity (Wildman–Crippen MR) is 70.8 cm³/mol. The van der Waals surface area contributed by atoms with Gasteiger partial charge in [-0.3, -0.25) is 4.21 Å². The van der Waals surface area contributed by atoms with Crippen LogP contribution in [0.2, 0.25) is 5.15 Å². The number of nitrogens with one attached hydrogen (secondary N) is 1. The Bertz CT molecular complexity index is 389. The highest BCUT2D eigenvalue weighted by molar-refractivity contribution is 7.98. The Labute approximate surface area is 107 Å². The highest BCUT2D eigenvalue weighted by atomic mass is 35.5. The Hall–Kier alpha value is -0.330. The lowest BCUT2D eigenvalue weighted by atomic mass is 10.4. The van der Waals surface area contributed by atoms with E-state index in [0.29, 0.717) is 21.9 Å². The van der Waals surface area contributed by atoms with Crippen molar-refractivity contribution in [2.75, 3.05) is 23.6 Å². The van der Waals surface area contributed by atoms with Gasteiger partial charge >= 0.3 is 0 Å². The van der Waals surface area contributed by atoms with Crippen molar-refractivity contribution in [3.05, 3.63) is 11.2 Å². The molecule has 0 amide bonds. The van der Waals surface area contributed by atoms with Crippen LogP contribution in [0.25, 0.3) is 0 Å². The molecule has 90 valence electrons. The number of hydrogen-bond acceptors (Lipinski definition) is 5. The normalized spacial score (nSPS) is 14.5. The summed E-state index contributed by atoms with van der Waals surface area (Å²) in [6.45, 7) is 1.95. The van der Waals surface area contributed by atoms with E-state index in [4.69, 9.17) is 11.6 Å². The van der Waals surface area contributed by atoms with Gasteiger partial charge in [0.2, 0.25) is 0 Å². The van der Waals surface area contributed by atoms with E-state index >= 15 is 0 Å². The predicted octanol–water partition coefficient (Wildman–Crippen LogP) is 2.03. The molecule has 0 aromatic carbocycles. The molecule has 1 aromatic rings. The van der Waals surface area contributed by atoms with Crippen LogP contribution in [0.3, 0.4) is 0 Å². The van der Waals surface area contributed by atoms with Crippen LogP contribution >= 0.6 is 23.4 Å². The van der Waals surface area contributed by atoms with Gasteiger partial charge in [0, 0.05) is 34.9 Å². The zero-order valence-corrected chi connectivity index (χ0v) is 11.7. The fourth-order valence-corrected chi connectivity index (χ4v) is 2.61. The van der Waals surface area contributed by atoms with Crippen LogP contribution in [0.5, 0.6) is 0 Å². The van der Waals surface area contributed by atoms with Gasteiger partial charge in [-0.2, -0.15) is 0 Å². The molecule has 1 N–H and O–H groups in total. The first-order chi connectivity index (χ1) is 7.51. The molecule has 0 radical (unpaired) electrons. The molecule has 4 nitrogen and oxygen atoms in total. The van der Waals surface area contributed by atoms with Crippen LogP contribution in [-0.4, -0.2) is 38.5 Å². The topological polar surface area (TPSA) is 54.9 Å². The third kappa shape index (κ3) is 4.67. The van der Waals surface area contributed by atoms with Gasteiger partial charge in [0.25, 0.3) is 0 Å². The Balaban J connectivity index is 2.72. The zero-order valence-electron chi connectivity index (χ0n) is 9.36. The molecule has 0 aliphatic carbocycles. The minimum absolute atomic E-state index is 0.0894. The lowest BCUT2D eigenvalue weighted by molar-refractivity contribution is 0.682. The van der Waals surface area contributed by atoms with Crippen molar-refractivity contribution in [3.8, 4) is 0 Å². The number of thioether (sulfide) groups is 1. The summed E-state index contributed by atoms with van der Waals surface area (Å²) >= 11 is 7.28.